The van der Waals surface area contributed by atoms with Gasteiger partial charge in [0.15, 0.2) is 5.78 Å². The number of hydrogen-bond donors (Lipinski definition) is 0. The van der Waals surface area contributed by atoms with Crippen LogP contribution < -0.4 is 0 Å². The molecule has 0 bridgehead atoms. The number of ketones is 1. The third-order valence-electron chi connectivity index (χ3n) is 5.23. The molecule has 3 heteroatoms. The highest BCUT2D eigenvalue weighted by Gasteiger charge is 2.18. The molecule has 0 unspecified atom stereocenters. The first-order valence-electron chi connectivity index (χ1n) is 10.6. The lowest BCUT2D eigenvalue weighted by Gasteiger charge is -2.12. The van der Waals surface area contributed by atoms with Crippen LogP contribution in [0.15, 0.2) is 113 Å². The Morgan fingerprint density at radius 3 is 1.78 bits per heavy atom. The van der Waals surface area contributed by atoms with Crippen LogP contribution in [0.5, 0.6) is 0 Å². The Hall–Kier alpha value is -4.11. The Bertz CT molecular complexity index is 1270. The van der Waals surface area contributed by atoms with E-state index in [1.807, 2.05) is 117 Å². The van der Waals surface area contributed by atoms with E-state index < -0.39 is 0 Å². The van der Waals surface area contributed by atoms with Crippen molar-refractivity contribution in [3.63, 3.8) is 0 Å². The molecule has 3 nitrogen and oxygen atoms in total. The molecule has 0 heterocycles. The van der Waals surface area contributed by atoms with E-state index in [-0.39, 0.29) is 5.78 Å². The molecule has 0 spiro atoms. The fourth-order valence-electron chi connectivity index (χ4n) is 3.42. The summed E-state index contributed by atoms with van der Waals surface area (Å²) < 4.78 is 0. The average Bonchev–Trinajstić information content (AvgIpc) is 2.83. The van der Waals surface area contributed by atoms with Crippen LogP contribution >= 0.6 is 0 Å². The molecule has 0 N–H and O–H groups in total. The molecule has 0 aliphatic heterocycles. The summed E-state index contributed by atoms with van der Waals surface area (Å²) in [5, 5.41) is 8.93. The van der Waals surface area contributed by atoms with E-state index in [4.69, 9.17) is 0 Å². The minimum absolute atomic E-state index is 0.0348. The summed E-state index contributed by atoms with van der Waals surface area (Å²) in [5.41, 5.74) is 6.82. The topological polar surface area (TPSA) is 41.8 Å². The van der Waals surface area contributed by atoms with Gasteiger partial charge in [0.05, 0.1) is 6.21 Å². The van der Waals surface area contributed by atoms with E-state index in [0.29, 0.717) is 16.8 Å². The maximum Gasteiger partial charge on any atom is 0.193 e. The van der Waals surface area contributed by atoms with Crippen LogP contribution in [0.1, 0.15) is 43.7 Å². The van der Waals surface area contributed by atoms with Crippen LogP contribution in [0.3, 0.4) is 0 Å². The monoisotopic (exact) mass is 416 g/mol. The Kier molecular flexibility index (Phi) is 6.47. The van der Waals surface area contributed by atoms with E-state index >= 15 is 0 Å². The number of hydrogen-bond acceptors (Lipinski definition) is 3. The second-order valence-electron chi connectivity index (χ2n) is 7.71. The van der Waals surface area contributed by atoms with Crippen molar-refractivity contribution in [3.8, 4) is 0 Å². The van der Waals surface area contributed by atoms with Crippen molar-refractivity contribution in [3.05, 3.63) is 142 Å². The van der Waals surface area contributed by atoms with Crippen LogP contribution in [0.2, 0.25) is 0 Å². The lowest BCUT2D eigenvalue weighted by atomic mass is 9.92. The van der Waals surface area contributed by atoms with Crippen LogP contribution in [0, 0.1) is 13.8 Å². The van der Waals surface area contributed by atoms with E-state index in [1.165, 1.54) is 0 Å². The number of carbonyl (C=O) groups excluding carboxylic acids is 1. The van der Waals surface area contributed by atoms with Gasteiger partial charge in [-0.1, -0.05) is 114 Å². The summed E-state index contributed by atoms with van der Waals surface area (Å²) in [4.78, 5) is 13.4. The predicted molar refractivity (Wildman–Crippen MR) is 132 cm³/mol. The smallest absolute Gasteiger partial charge is 0.193 e. The summed E-state index contributed by atoms with van der Waals surface area (Å²) >= 11 is 0. The summed E-state index contributed by atoms with van der Waals surface area (Å²) in [6, 6.07) is 33.1. The standard InChI is InChI=1S/C29H24N2O/c1-21-12-16-24(17-13-21)28(31-30-20-23-8-4-3-5-9-23)26-10-6-7-11-27(26)29(32)25-18-14-22(2)15-19-25/h3-20H,1-2H3/b30-20-,31-28+. The van der Waals surface area contributed by atoms with Gasteiger partial charge in [-0.2, -0.15) is 5.10 Å². The lowest BCUT2D eigenvalue weighted by Crippen LogP contribution is -2.12. The quantitative estimate of drug-likeness (QED) is 0.203. The second kappa shape index (κ2) is 9.80. The highest BCUT2D eigenvalue weighted by atomic mass is 16.1. The van der Waals surface area contributed by atoms with Crippen molar-refractivity contribution in [2.24, 2.45) is 10.2 Å². The maximum atomic E-state index is 13.4. The van der Waals surface area contributed by atoms with Crippen LogP contribution in [-0.4, -0.2) is 17.7 Å². The number of carbonyl (C=O) groups is 1. The lowest BCUT2D eigenvalue weighted by molar-refractivity contribution is 0.103. The Morgan fingerprint density at radius 2 is 1.16 bits per heavy atom. The first-order chi connectivity index (χ1) is 15.6. The molecular weight excluding hydrogens is 392 g/mol. The van der Waals surface area contributed by atoms with Crippen LogP contribution in [-0.2, 0) is 0 Å². The van der Waals surface area contributed by atoms with E-state index in [2.05, 4.69) is 10.2 Å². The van der Waals surface area contributed by atoms with Crippen molar-refractivity contribution in [2.75, 3.05) is 0 Å². The van der Waals surface area contributed by atoms with Crippen molar-refractivity contribution in [1.82, 2.24) is 0 Å². The summed E-state index contributed by atoms with van der Waals surface area (Å²) in [5.74, 6) is -0.0348. The molecule has 156 valence electrons. The average molecular weight is 417 g/mol. The van der Waals surface area contributed by atoms with Gasteiger partial charge in [-0.25, -0.2) is 0 Å². The van der Waals surface area contributed by atoms with Crippen LogP contribution in [0.4, 0.5) is 0 Å². The van der Waals surface area contributed by atoms with Gasteiger partial charge in [-0.3, -0.25) is 4.79 Å². The Labute approximate surface area is 188 Å². The SMILES string of the molecule is Cc1ccc(C(=O)c2ccccc2/C(=N/N=C\c2ccccc2)c2ccc(C)cc2)cc1. The van der Waals surface area contributed by atoms with Gasteiger partial charge in [0.2, 0.25) is 0 Å². The van der Waals surface area contributed by atoms with Crippen molar-refractivity contribution >= 4 is 17.7 Å². The molecule has 0 aliphatic carbocycles. The van der Waals surface area contributed by atoms with Gasteiger partial charge in [0, 0.05) is 22.3 Å². The van der Waals surface area contributed by atoms with Gasteiger partial charge in [-0.05, 0) is 19.4 Å². The van der Waals surface area contributed by atoms with E-state index in [9.17, 15) is 4.79 Å². The molecule has 4 aromatic rings. The van der Waals surface area contributed by atoms with E-state index in [1.54, 1.807) is 6.21 Å². The molecule has 0 aromatic heterocycles. The highest BCUT2D eigenvalue weighted by Crippen LogP contribution is 2.20. The minimum Gasteiger partial charge on any atom is -0.289 e. The molecule has 0 radical (unpaired) electrons. The predicted octanol–water partition coefficient (Wildman–Crippen LogP) is 6.41. The third kappa shape index (κ3) is 4.96. The van der Waals surface area contributed by atoms with Gasteiger partial charge in [-0.15, -0.1) is 5.10 Å². The van der Waals surface area contributed by atoms with Crippen molar-refractivity contribution in [2.45, 2.75) is 13.8 Å². The van der Waals surface area contributed by atoms with Gasteiger partial charge >= 0.3 is 0 Å². The van der Waals surface area contributed by atoms with Gasteiger partial charge < -0.3 is 0 Å². The molecule has 0 atom stereocenters. The zero-order chi connectivity index (χ0) is 22.3. The number of aryl methyl sites for hydroxylation is 2. The molecule has 0 aliphatic rings. The second-order valence-corrected chi connectivity index (χ2v) is 7.71. The highest BCUT2D eigenvalue weighted by molar-refractivity contribution is 6.21. The minimum atomic E-state index is -0.0348. The molecule has 0 saturated heterocycles. The zero-order valence-corrected chi connectivity index (χ0v) is 18.2. The van der Waals surface area contributed by atoms with Crippen molar-refractivity contribution < 1.29 is 4.79 Å². The molecule has 32 heavy (non-hydrogen) atoms. The molecular formula is C29H24N2O. The van der Waals surface area contributed by atoms with Gasteiger partial charge in [0.1, 0.15) is 5.71 Å². The number of rotatable bonds is 6. The Morgan fingerprint density at radius 1 is 0.625 bits per heavy atom. The largest absolute Gasteiger partial charge is 0.289 e. The molecule has 4 aromatic carbocycles. The summed E-state index contributed by atoms with van der Waals surface area (Å²) in [6.07, 6.45) is 1.72. The van der Waals surface area contributed by atoms with E-state index in [0.717, 1.165) is 27.8 Å². The normalized spacial score (nSPS) is 11.6. The van der Waals surface area contributed by atoms with Gasteiger partial charge in [0.25, 0.3) is 0 Å². The fourth-order valence-corrected chi connectivity index (χ4v) is 3.42. The molecule has 0 fully saturated rings. The first kappa shape index (κ1) is 21.1. The third-order valence-corrected chi connectivity index (χ3v) is 5.23. The number of nitrogens with zero attached hydrogens (tertiary/aromatic N) is 2. The summed E-state index contributed by atoms with van der Waals surface area (Å²) in [7, 11) is 0. The summed E-state index contributed by atoms with van der Waals surface area (Å²) in [6.45, 7) is 4.05. The Balaban J connectivity index is 1.80. The molecule has 0 saturated carbocycles. The molecule has 0 amide bonds. The molecule has 4 rings (SSSR count). The zero-order valence-electron chi connectivity index (χ0n) is 18.2. The number of benzene rings is 4. The van der Waals surface area contributed by atoms with Crippen LogP contribution in [0.25, 0.3) is 0 Å². The first-order valence-corrected chi connectivity index (χ1v) is 10.6. The fraction of sp³-hybridized carbons (Fsp3) is 0.0690. The maximum absolute atomic E-state index is 13.4. The van der Waals surface area contributed by atoms with Crippen molar-refractivity contribution in [1.29, 1.82) is 0 Å².